The minimum atomic E-state index is -0.0376. The van der Waals surface area contributed by atoms with Crippen LogP contribution in [0, 0.1) is 0 Å². The lowest BCUT2D eigenvalue weighted by molar-refractivity contribution is 0.593. The first-order valence-electron chi connectivity index (χ1n) is 4.02. The third kappa shape index (κ3) is 1.23. The summed E-state index contributed by atoms with van der Waals surface area (Å²) < 4.78 is 5.23. The van der Waals surface area contributed by atoms with Crippen molar-refractivity contribution in [2.24, 2.45) is 5.73 Å². The minimum absolute atomic E-state index is 0.0376. The summed E-state index contributed by atoms with van der Waals surface area (Å²) in [7, 11) is 0. The summed E-state index contributed by atoms with van der Waals surface area (Å²) in [4.78, 5) is 11.6. The third-order valence-electron chi connectivity index (χ3n) is 1.97. The highest BCUT2D eigenvalue weighted by Crippen LogP contribution is 2.09. The minimum Gasteiger partial charge on any atom is -0.464 e. The van der Waals surface area contributed by atoms with Gasteiger partial charge < -0.3 is 10.2 Å². The van der Waals surface area contributed by atoms with Crippen molar-refractivity contribution in [3.8, 4) is 0 Å². The van der Waals surface area contributed by atoms with Crippen molar-refractivity contribution in [2.45, 2.75) is 6.54 Å². The molecule has 0 aliphatic rings. The molecule has 3 heteroatoms. The lowest BCUT2D eigenvalue weighted by Crippen LogP contribution is -2.12. The second kappa shape index (κ2) is 3.03. The van der Waals surface area contributed by atoms with E-state index in [0.717, 1.165) is 0 Å². The second-order valence-electron chi connectivity index (χ2n) is 2.79. The summed E-state index contributed by atoms with van der Waals surface area (Å²) in [5, 5.41) is 0.588. The summed E-state index contributed by atoms with van der Waals surface area (Å²) in [5.41, 5.74) is 6.46. The first-order chi connectivity index (χ1) is 6.33. The van der Waals surface area contributed by atoms with E-state index in [2.05, 4.69) is 0 Å². The van der Waals surface area contributed by atoms with Crippen LogP contribution in [0.5, 0.6) is 0 Å². The van der Waals surface area contributed by atoms with Crippen molar-refractivity contribution in [2.75, 3.05) is 0 Å². The van der Waals surface area contributed by atoms with Gasteiger partial charge in [0.2, 0.25) is 0 Å². The van der Waals surface area contributed by atoms with Crippen LogP contribution in [0.4, 0.5) is 0 Å². The van der Waals surface area contributed by atoms with Gasteiger partial charge in [0.1, 0.15) is 5.58 Å². The predicted octanol–water partition coefficient (Wildman–Crippen LogP) is 1.25. The summed E-state index contributed by atoms with van der Waals surface area (Å²) in [6.07, 6.45) is 1.42. The Morgan fingerprint density at radius 3 is 2.85 bits per heavy atom. The molecule has 1 aromatic heterocycles. The average molecular weight is 175 g/mol. The molecular formula is C10H9NO2. The van der Waals surface area contributed by atoms with Crippen molar-refractivity contribution in [1.82, 2.24) is 0 Å². The van der Waals surface area contributed by atoms with Gasteiger partial charge in [0.05, 0.1) is 11.6 Å². The molecule has 0 unspecified atom stereocenters. The van der Waals surface area contributed by atoms with Gasteiger partial charge in [-0.15, -0.1) is 0 Å². The number of hydrogen-bond donors (Lipinski definition) is 1. The Morgan fingerprint density at radius 1 is 1.31 bits per heavy atom. The number of para-hydroxylation sites is 1. The largest absolute Gasteiger partial charge is 0.464 e. The van der Waals surface area contributed by atoms with Crippen LogP contribution in [0.25, 0.3) is 11.0 Å². The molecule has 2 rings (SSSR count). The third-order valence-corrected chi connectivity index (χ3v) is 1.97. The fourth-order valence-corrected chi connectivity index (χ4v) is 1.26. The van der Waals surface area contributed by atoms with Crippen LogP contribution in [0.2, 0.25) is 0 Å². The van der Waals surface area contributed by atoms with Gasteiger partial charge in [0.25, 0.3) is 0 Å². The Balaban J connectivity index is 2.87. The van der Waals surface area contributed by atoms with Gasteiger partial charge >= 0.3 is 0 Å². The van der Waals surface area contributed by atoms with Crippen LogP contribution in [-0.4, -0.2) is 0 Å². The first kappa shape index (κ1) is 8.01. The summed E-state index contributed by atoms with van der Waals surface area (Å²) in [5.74, 6) is 0. The van der Waals surface area contributed by atoms with Gasteiger partial charge in [-0.05, 0) is 12.1 Å². The zero-order valence-electron chi connectivity index (χ0n) is 6.99. The molecule has 0 aliphatic heterocycles. The number of nitrogens with two attached hydrogens (primary N) is 1. The normalized spacial score (nSPS) is 10.5. The monoisotopic (exact) mass is 175 g/mol. The van der Waals surface area contributed by atoms with Crippen molar-refractivity contribution >= 4 is 11.0 Å². The van der Waals surface area contributed by atoms with Gasteiger partial charge in [-0.25, -0.2) is 0 Å². The molecule has 0 atom stereocenters. The maximum atomic E-state index is 11.6. The van der Waals surface area contributed by atoms with E-state index < -0.39 is 0 Å². The van der Waals surface area contributed by atoms with E-state index >= 15 is 0 Å². The Kier molecular flexibility index (Phi) is 1.87. The lowest BCUT2D eigenvalue weighted by atomic mass is 10.2. The molecule has 0 fully saturated rings. The van der Waals surface area contributed by atoms with E-state index in [1.807, 2.05) is 6.07 Å². The molecule has 1 heterocycles. The lowest BCUT2D eigenvalue weighted by Gasteiger charge is -1.97. The average Bonchev–Trinajstić information content (AvgIpc) is 2.19. The topological polar surface area (TPSA) is 56.2 Å². The fourth-order valence-electron chi connectivity index (χ4n) is 1.26. The van der Waals surface area contributed by atoms with E-state index in [4.69, 9.17) is 10.2 Å². The zero-order chi connectivity index (χ0) is 9.26. The molecule has 3 nitrogen and oxygen atoms in total. The smallest absolute Gasteiger partial charge is 0.197 e. The molecule has 1 aromatic carbocycles. The SMILES string of the molecule is NCc1coc2ccccc2c1=O. The molecule has 0 aliphatic carbocycles. The quantitative estimate of drug-likeness (QED) is 0.709. The summed E-state index contributed by atoms with van der Waals surface area (Å²) >= 11 is 0. The van der Waals surface area contributed by atoms with Crippen molar-refractivity contribution in [3.05, 3.63) is 46.3 Å². The van der Waals surface area contributed by atoms with Crippen LogP contribution < -0.4 is 11.2 Å². The van der Waals surface area contributed by atoms with Crippen molar-refractivity contribution in [3.63, 3.8) is 0 Å². The molecule has 66 valence electrons. The standard InChI is InChI=1S/C10H9NO2/c11-5-7-6-13-9-4-2-1-3-8(9)10(7)12/h1-4,6H,5,11H2. The summed E-state index contributed by atoms with van der Waals surface area (Å²) in [6.45, 7) is 0.215. The summed E-state index contributed by atoms with van der Waals surface area (Å²) in [6, 6.07) is 7.13. The van der Waals surface area contributed by atoms with E-state index in [0.29, 0.717) is 16.5 Å². The van der Waals surface area contributed by atoms with Crippen LogP contribution in [0.15, 0.2) is 39.7 Å². The molecule has 13 heavy (non-hydrogen) atoms. The van der Waals surface area contributed by atoms with Crippen LogP contribution in [-0.2, 0) is 6.54 Å². The van der Waals surface area contributed by atoms with E-state index in [1.165, 1.54) is 6.26 Å². The van der Waals surface area contributed by atoms with E-state index in [1.54, 1.807) is 18.2 Å². The van der Waals surface area contributed by atoms with Crippen LogP contribution >= 0.6 is 0 Å². The first-order valence-corrected chi connectivity index (χ1v) is 4.02. The van der Waals surface area contributed by atoms with Gasteiger partial charge in [-0.1, -0.05) is 12.1 Å². The van der Waals surface area contributed by atoms with Crippen LogP contribution in [0.1, 0.15) is 5.56 Å². The molecule has 0 amide bonds. The van der Waals surface area contributed by atoms with Gasteiger partial charge in [0.15, 0.2) is 5.43 Å². The van der Waals surface area contributed by atoms with Gasteiger partial charge in [0, 0.05) is 12.1 Å². The number of hydrogen-bond acceptors (Lipinski definition) is 3. The highest BCUT2D eigenvalue weighted by molar-refractivity contribution is 5.76. The highest BCUT2D eigenvalue weighted by Gasteiger charge is 2.03. The Labute approximate surface area is 74.8 Å². The molecule has 0 spiro atoms. The van der Waals surface area contributed by atoms with Crippen molar-refractivity contribution in [1.29, 1.82) is 0 Å². The highest BCUT2D eigenvalue weighted by atomic mass is 16.3. The van der Waals surface area contributed by atoms with E-state index in [9.17, 15) is 4.79 Å². The second-order valence-corrected chi connectivity index (χ2v) is 2.79. The van der Waals surface area contributed by atoms with Gasteiger partial charge in [-0.2, -0.15) is 0 Å². The predicted molar refractivity (Wildman–Crippen MR) is 50.4 cm³/mol. The number of benzene rings is 1. The molecule has 0 bridgehead atoms. The van der Waals surface area contributed by atoms with Gasteiger partial charge in [-0.3, -0.25) is 4.79 Å². The molecule has 2 N–H and O–H groups in total. The number of fused-ring (bicyclic) bond motifs is 1. The molecule has 2 aromatic rings. The molecule has 0 saturated carbocycles. The fraction of sp³-hybridized carbons (Fsp3) is 0.100. The Hall–Kier alpha value is -1.61. The number of rotatable bonds is 1. The molecule has 0 saturated heterocycles. The maximum absolute atomic E-state index is 11.6. The van der Waals surface area contributed by atoms with E-state index in [-0.39, 0.29) is 12.0 Å². The van der Waals surface area contributed by atoms with Crippen molar-refractivity contribution < 1.29 is 4.42 Å². The Bertz CT molecular complexity index is 487. The van der Waals surface area contributed by atoms with Crippen LogP contribution in [0.3, 0.4) is 0 Å². The Morgan fingerprint density at radius 2 is 2.08 bits per heavy atom. The molecule has 0 radical (unpaired) electrons. The molecular weight excluding hydrogens is 166 g/mol. The maximum Gasteiger partial charge on any atom is 0.197 e. The zero-order valence-corrected chi connectivity index (χ0v) is 6.99.